The molecule has 14 heteroatoms. The molecule has 1 saturated heterocycles. The highest BCUT2D eigenvalue weighted by Gasteiger charge is 2.37. The molecule has 2 aliphatic heterocycles. The maximum absolute atomic E-state index is 15.2. The first-order valence-electron chi connectivity index (χ1n) is 14.6. The van der Waals surface area contributed by atoms with Gasteiger partial charge in [0.15, 0.2) is 5.82 Å². The van der Waals surface area contributed by atoms with E-state index in [0.717, 1.165) is 30.8 Å². The number of anilines is 2. The van der Waals surface area contributed by atoms with Crippen LogP contribution in [0, 0.1) is 5.82 Å². The molecule has 3 aromatic carbocycles. The van der Waals surface area contributed by atoms with E-state index < -0.39 is 29.6 Å². The first-order chi connectivity index (χ1) is 22.2. The van der Waals surface area contributed by atoms with E-state index in [-0.39, 0.29) is 28.4 Å². The molecule has 3 heterocycles. The van der Waals surface area contributed by atoms with Crippen LogP contribution in [0.1, 0.15) is 39.5 Å². The van der Waals surface area contributed by atoms with Crippen LogP contribution in [-0.2, 0) is 16.0 Å². The fraction of sp³-hybridized carbons (Fsp3) is 0.250. The zero-order valence-corrected chi connectivity index (χ0v) is 25.5. The Bertz CT molecular complexity index is 1820. The van der Waals surface area contributed by atoms with Gasteiger partial charge in [-0.3, -0.25) is 9.59 Å². The van der Waals surface area contributed by atoms with Gasteiger partial charge in [0.1, 0.15) is 12.4 Å². The van der Waals surface area contributed by atoms with Gasteiger partial charge in [0.05, 0.1) is 16.3 Å². The minimum Gasteiger partial charge on any atom is -0.478 e. The van der Waals surface area contributed by atoms with Crippen LogP contribution in [0.25, 0.3) is 11.8 Å². The summed E-state index contributed by atoms with van der Waals surface area (Å²) < 4.78 is 16.5. The Hall–Kier alpha value is -5.14. The van der Waals surface area contributed by atoms with E-state index in [1.54, 1.807) is 0 Å². The fourth-order valence-electron chi connectivity index (χ4n) is 6.02. The summed E-state index contributed by atoms with van der Waals surface area (Å²) in [5, 5.41) is 26.3. The number of aromatic carboxylic acids is 1. The van der Waals surface area contributed by atoms with Gasteiger partial charge in [0, 0.05) is 48.7 Å². The van der Waals surface area contributed by atoms with Crippen molar-refractivity contribution in [1.29, 1.82) is 0 Å². The summed E-state index contributed by atoms with van der Waals surface area (Å²) in [6.45, 7) is 1.90. The minimum atomic E-state index is -1.09. The topological polar surface area (TPSA) is 146 Å². The van der Waals surface area contributed by atoms with Gasteiger partial charge in [-0.1, -0.05) is 23.7 Å². The normalized spacial score (nSPS) is 17.7. The second-order valence-corrected chi connectivity index (χ2v) is 11.4. The van der Waals surface area contributed by atoms with E-state index in [2.05, 4.69) is 31.1 Å². The van der Waals surface area contributed by atoms with Crippen LogP contribution in [0.3, 0.4) is 0 Å². The molecule has 0 aliphatic carbocycles. The Morgan fingerprint density at radius 2 is 1.87 bits per heavy atom. The van der Waals surface area contributed by atoms with Crippen molar-refractivity contribution in [2.45, 2.75) is 24.9 Å². The zero-order chi connectivity index (χ0) is 32.4. The van der Waals surface area contributed by atoms with Crippen molar-refractivity contribution >= 4 is 46.8 Å². The monoisotopic (exact) mass is 644 g/mol. The summed E-state index contributed by atoms with van der Waals surface area (Å²) >= 11 is 6.06. The highest BCUT2D eigenvalue weighted by atomic mass is 35.5. The Morgan fingerprint density at radius 1 is 1.07 bits per heavy atom. The number of carboxylic acid groups (broad SMARTS) is 1. The van der Waals surface area contributed by atoms with Gasteiger partial charge >= 0.3 is 5.97 Å². The molecule has 0 saturated carbocycles. The largest absolute Gasteiger partial charge is 0.478 e. The van der Waals surface area contributed by atoms with Gasteiger partial charge in [-0.25, -0.2) is 9.18 Å². The van der Waals surface area contributed by atoms with Gasteiger partial charge < -0.3 is 25.5 Å². The molecule has 3 N–H and O–H groups in total. The Kier molecular flexibility index (Phi) is 8.77. The van der Waals surface area contributed by atoms with Crippen molar-refractivity contribution in [1.82, 2.24) is 30.4 Å². The number of likely N-dealkylation sites (N-methyl/N-ethyl adjacent to an activating group) is 1. The lowest BCUT2D eigenvalue weighted by atomic mass is 9.90. The van der Waals surface area contributed by atoms with Crippen LogP contribution in [-0.4, -0.2) is 80.7 Å². The van der Waals surface area contributed by atoms with E-state index in [0.29, 0.717) is 23.7 Å². The molecule has 0 spiro atoms. The van der Waals surface area contributed by atoms with E-state index in [1.807, 2.05) is 25.2 Å². The van der Waals surface area contributed by atoms with E-state index >= 15 is 4.39 Å². The summed E-state index contributed by atoms with van der Waals surface area (Å²) in [5.74, 6) is -2.83. The third kappa shape index (κ3) is 6.06. The molecule has 46 heavy (non-hydrogen) atoms. The number of tetrazole rings is 1. The lowest BCUT2D eigenvalue weighted by molar-refractivity contribution is -0.135. The van der Waals surface area contributed by atoms with Crippen molar-refractivity contribution < 1.29 is 23.9 Å². The molecule has 236 valence electrons. The quantitative estimate of drug-likeness (QED) is 0.244. The Labute approximate surface area is 268 Å². The summed E-state index contributed by atoms with van der Waals surface area (Å²) in [7, 11) is 1.94. The van der Waals surface area contributed by atoms with Crippen molar-refractivity contribution in [2.24, 2.45) is 0 Å². The van der Waals surface area contributed by atoms with Crippen LogP contribution < -0.4 is 15.5 Å². The number of fused-ring (bicyclic) bond motifs is 1. The molecular weight excluding hydrogens is 615 g/mol. The lowest BCUT2D eigenvalue weighted by Crippen LogP contribution is -2.45. The molecule has 0 bridgehead atoms. The number of carboxylic acids is 1. The fourth-order valence-corrected chi connectivity index (χ4v) is 6.19. The van der Waals surface area contributed by atoms with Gasteiger partial charge in [-0.05, 0) is 90.0 Å². The number of amides is 2. The molecule has 0 radical (unpaired) electrons. The van der Waals surface area contributed by atoms with Crippen LogP contribution >= 0.6 is 11.6 Å². The highest BCUT2D eigenvalue weighted by Crippen LogP contribution is 2.38. The number of nitrogens with one attached hydrogen (secondary N) is 2. The van der Waals surface area contributed by atoms with E-state index in [9.17, 15) is 19.5 Å². The Morgan fingerprint density at radius 3 is 2.57 bits per heavy atom. The zero-order valence-electron chi connectivity index (χ0n) is 24.7. The number of carbonyl (C=O) groups excluding carboxylic acids is 2. The second-order valence-electron chi connectivity index (χ2n) is 11.0. The van der Waals surface area contributed by atoms with Gasteiger partial charge in [0.2, 0.25) is 5.91 Å². The Balaban J connectivity index is 1.35. The maximum atomic E-state index is 15.2. The molecule has 0 unspecified atom stereocenters. The summed E-state index contributed by atoms with van der Waals surface area (Å²) in [4.78, 5) is 42.9. The second kappa shape index (κ2) is 13.1. The van der Waals surface area contributed by atoms with E-state index in [4.69, 9.17) is 11.6 Å². The standard InChI is InChI=1S/C32H30ClFN8O4/c1-35-21-13-15-40(17-21)26-4-2-3-23-22(26)14-16-41(30(23)31(44)37-20-7-5-19(6-8-20)32(45)46)28(43)12-9-24-27(42-18-36-38-39-42)11-10-25(33)29(24)34/h2-12,18,21,30,35H,13-17H2,1H3,(H,37,44)(H,45,46)/b12-9+/t21-,30+/m0/s1. The first kappa shape index (κ1) is 30.9. The van der Waals surface area contributed by atoms with Crippen LogP contribution in [0.2, 0.25) is 5.02 Å². The average molecular weight is 645 g/mol. The first-order valence-corrected chi connectivity index (χ1v) is 15.0. The third-order valence-corrected chi connectivity index (χ3v) is 8.65. The van der Waals surface area contributed by atoms with Crippen LogP contribution in [0.5, 0.6) is 0 Å². The van der Waals surface area contributed by atoms with Crippen LogP contribution in [0.15, 0.2) is 67.0 Å². The third-order valence-electron chi connectivity index (χ3n) is 8.36. The molecule has 4 aromatic rings. The van der Waals surface area contributed by atoms with Crippen molar-refractivity contribution in [3.8, 4) is 5.69 Å². The minimum absolute atomic E-state index is 0.000453. The van der Waals surface area contributed by atoms with Crippen molar-refractivity contribution in [3.05, 3.63) is 100 Å². The highest BCUT2D eigenvalue weighted by molar-refractivity contribution is 6.31. The van der Waals surface area contributed by atoms with Gasteiger partial charge in [0.25, 0.3) is 5.91 Å². The molecule has 6 rings (SSSR count). The summed E-state index contributed by atoms with van der Waals surface area (Å²) in [6.07, 6.45) is 5.29. The summed E-state index contributed by atoms with van der Waals surface area (Å²) in [6, 6.07) is 13.8. The number of hydrogen-bond acceptors (Lipinski definition) is 8. The number of halogens is 2. The summed E-state index contributed by atoms with van der Waals surface area (Å²) in [5.41, 5.74) is 3.41. The SMILES string of the molecule is CN[C@H]1CCN(c2cccc3c2CCN(C(=O)/C=C/c2c(-n4cnnn4)ccc(Cl)c2F)[C@H]3C(=O)Nc2ccc(C(=O)O)cc2)C1. The lowest BCUT2D eigenvalue weighted by Gasteiger charge is -2.38. The van der Waals surface area contributed by atoms with Crippen molar-refractivity contribution in [2.75, 3.05) is 36.9 Å². The van der Waals surface area contributed by atoms with Crippen molar-refractivity contribution in [3.63, 3.8) is 0 Å². The molecule has 1 aromatic heterocycles. The molecule has 2 aliphatic rings. The van der Waals surface area contributed by atoms with E-state index in [1.165, 1.54) is 64.5 Å². The number of nitrogens with zero attached hydrogens (tertiary/aromatic N) is 6. The number of aromatic nitrogens is 4. The number of rotatable bonds is 8. The van der Waals surface area contributed by atoms with Crippen LogP contribution in [0.4, 0.5) is 15.8 Å². The predicted octanol–water partition coefficient (Wildman–Crippen LogP) is 3.73. The average Bonchev–Trinajstić information content (AvgIpc) is 3.78. The smallest absolute Gasteiger partial charge is 0.335 e. The number of benzene rings is 3. The molecule has 2 atom stereocenters. The maximum Gasteiger partial charge on any atom is 0.335 e. The molecule has 12 nitrogen and oxygen atoms in total. The predicted molar refractivity (Wildman–Crippen MR) is 169 cm³/mol. The molecular formula is C32H30ClFN8O4. The number of hydrogen-bond donors (Lipinski definition) is 3. The van der Waals surface area contributed by atoms with Gasteiger partial charge in [-0.15, -0.1) is 5.10 Å². The molecule has 2 amide bonds. The number of carbonyl (C=O) groups is 3. The van der Waals surface area contributed by atoms with Gasteiger partial charge in [-0.2, -0.15) is 4.68 Å². The molecule has 1 fully saturated rings.